The average Bonchev–Trinajstić information content (AvgIpc) is 3.22. The molecule has 0 amide bonds. The number of hydrogen-bond acceptors (Lipinski definition) is 6. The van der Waals surface area contributed by atoms with Crippen molar-refractivity contribution in [3.05, 3.63) is 41.0 Å². The first-order chi connectivity index (χ1) is 15.7. The summed E-state index contributed by atoms with van der Waals surface area (Å²) in [4.78, 5) is 24.1. The van der Waals surface area contributed by atoms with Gasteiger partial charge in [-0.05, 0) is 30.5 Å². The molecule has 178 valence electrons. The van der Waals surface area contributed by atoms with Crippen molar-refractivity contribution in [2.45, 2.75) is 57.5 Å². The highest BCUT2D eigenvalue weighted by atomic mass is 35.5. The third-order valence-electron chi connectivity index (χ3n) is 6.28. The predicted molar refractivity (Wildman–Crippen MR) is 125 cm³/mol. The van der Waals surface area contributed by atoms with E-state index in [-0.39, 0.29) is 43.7 Å². The SMILES string of the molecule is CC(=O)C[C@@H](C)c1ccc(O[C@@H]2CCN(c3nc(N4CCC(F)(F)CC4)ncc3Cl)C2)cc1. The van der Waals surface area contributed by atoms with Crippen LogP contribution in [-0.4, -0.2) is 54.0 Å². The van der Waals surface area contributed by atoms with Gasteiger partial charge in [-0.25, -0.2) is 13.8 Å². The molecule has 2 fully saturated rings. The van der Waals surface area contributed by atoms with Gasteiger partial charge in [0.25, 0.3) is 5.92 Å². The number of anilines is 2. The highest BCUT2D eigenvalue weighted by molar-refractivity contribution is 6.32. The molecule has 0 aliphatic carbocycles. The van der Waals surface area contributed by atoms with E-state index >= 15 is 0 Å². The number of rotatable bonds is 7. The zero-order chi connectivity index (χ0) is 23.6. The molecule has 0 bridgehead atoms. The van der Waals surface area contributed by atoms with Crippen molar-refractivity contribution in [2.24, 2.45) is 0 Å². The summed E-state index contributed by atoms with van der Waals surface area (Å²) in [5.41, 5.74) is 1.11. The smallest absolute Gasteiger partial charge is 0.251 e. The van der Waals surface area contributed by atoms with Gasteiger partial charge in [0.15, 0.2) is 5.82 Å². The summed E-state index contributed by atoms with van der Waals surface area (Å²) in [6.45, 7) is 5.45. The van der Waals surface area contributed by atoms with Gasteiger partial charge in [0.2, 0.25) is 5.95 Å². The van der Waals surface area contributed by atoms with E-state index < -0.39 is 5.92 Å². The van der Waals surface area contributed by atoms with Crippen molar-refractivity contribution in [1.29, 1.82) is 0 Å². The standard InChI is InChI=1S/C24H29ClF2N4O2/c1-16(13-17(2)32)18-3-5-19(6-4-18)33-20-7-10-31(15-20)22-21(25)14-28-23(29-22)30-11-8-24(26,27)9-12-30/h3-6,14,16,20H,7-13,15H2,1-2H3/t16-,20-/m1/s1. The summed E-state index contributed by atoms with van der Waals surface area (Å²) in [5, 5.41) is 0.436. The lowest BCUT2D eigenvalue weighted by atomic mass is 9.96. The molecule has 0 saturated carbocycles. The molecule has 6 nitrogen and oxygen atoms in total. The molecule has 3 heterocycles. The molecular formula is C24H29ClF2N4O2. The number of hydrogen-bond donors (Lipinski definition) is 0. The number of aromatic nitrogens is 2. The van der Waals surface area contributed by atoms with E-state index in [1.807, 2.05) is 31.2 Å². The Balaban J connectivity index is 1.37. The van der Waals surface area contributed by atoms with Crippen molar-refractivity contribution in [3.63, 3.8) is 0 Å². The number of halogens is 3. The largest absolute Gasteiger partial charge is 0.489 e. The van der Waals surface area contributed by atoms with Crippen LogP contribution in [0.4, 0.5) is 20.5 Å². The lowest BCUT2D eigenvalue weighted by Crippen LogP contribution is -2.40. The highest BCUT2D eigenvalue weighted by Crippen LogP contribution is 2.33. The summed E-state index contributed by atoms with van der Waals surface area (Å²) in [7, 11) is 0. The Morgan fingerprint density at radius 2 is 1.91 bits per heavy atom. The lowest BCUT2D eigenvalue weighted by Gasteiger charge is -2.32. The average molecular weight is 479 g/mol. The Morgan fingerprint density at radius 1 is 1.21 bits per heavy atom. The molecular weight excluding hydrogens is 450 g/mol. The number of benzene rings is 1. The zero-order valence-electron chi connectivity index (χ0n) is 18.9. The maximum atomic E-state index is 13.5. The van der Waals surface area contributed by atoms with Crippen LogP contribution in [0, 0.1) is 0 Å². The molecule has 33 heavy (non-hydrogen) atoms. The molecule has 9 heteroatoms. The van der Waals surface area contributed by atoms with Gasteiger partial charge in [-0.3, -0.25) is 0 Å². The second-order valence-electron chi connectivity index (χ2n) is 9.04. The number of carbonyl (C=O) groups excluding carboxylic acids is 1. The predicted octanol–water partition coefficient (Wildman–Crippen LogP) is 5.11. The maximum Gasteiger partial charge on any atom is 0.251 e. The van der Waals surface area contributed by atoms with Crippen molar-refractivity contribution in [2.75, 3.05) is 36.0 Å². The van der Waals surface area contributed by atoms with E-state index in [1.54, 1.807) is 18.0 Å². The van der Waals surface area contributed by atoms with Gasteiger partial charge in [0.05, 0.1) is 12.7 Å². The van der Waals surface area contributed by atoms with Gasteiger partial charge in [0.1, 0.15) is 22.7 Å². The number of nitrogens with zero attached hydrogens (tertiary/aromatic N) is 4. The van der Waals surface area contributed by atoms with Crippen molar-refractivity contribution in [3.8, 4) is 5.75 Å². The van der Waals surface area contributed by atoms with Crippen LogP contribution in [0.25, 0.3) is 0 Å². The molecule has 0 unspecified atom stereocenters. The summed E-state index contributed by atoms with van der Waals surface area (Å²) in [6.07, 6.45) is 2.48. The molecule has 2 aromatic rings. The van der Waals surface area contributed by atoms with Crippen LogP contribution < -0.4 is 14.5 Å². The number of ketones is 1. The molecule has 1 aromatic heterocycles. The second-order valence-corrected chi connectivity index (χ2v) is 9.44. The minimum absolute atomic E-state index is 0.0198. The minimum Gasteiger partial charge on any atom is -0.489 e. The van der Waals surface area contributed by atoms with E-state index in [2.05, 4.69) is 14.9 Å². The maximum absolute atomic E-state index is 13.5. The molecule has 2 atom stereocenters. The molecule has 2 saturated heterocycles. The Morgan fingerprint density at radius 3 is 2.58 bits per heavy atom. The molecule has 4 rings (SSSR count). The van der Waals surface area contributed by atoms with Crippen molar-refractivity contribution in [1.82, 2.24) is 9.97 Å². The quantitative estimate of drug-likeness (QED) is 0.551. The summed E-state index contributed by atoms with van der Waals surface area (Å²) in [6, 6.07) is 7.89. The molecule has 2 aliphatic rings. The normalized spacial score (nSPS) is 21.2. The van der Waals surface area contributed by atoms with Gasteiger partial charge in [-0.15, -0.1) is 0 Å². The minimum atomic E-state index is -2.62. The molecule has 2 aliphatic heterocycles. The van der Waals surface area contributed by atoms with Crippen molar-refractivity contribution < 1.29 is 18.3 Å². The fraction of sp³-hybridized carbons (Fsp3) is 0.542. The first-order valence-corrected chi connectivity index (χ1v) is 11.7. The van der Waals surface area contributed by atoms with E-state index in [9.17, 15) is 13.6 Å². The van der Waals surface area contributed by atoms with E-state index in [0.717, 1.165) is 24.3 Å². The van der Waals surface area contributed by atoms with Crippen LogP contribution in [0.2, 0.25) is 5.02 Å². The fourth-order valence-electron chi connectivity index (χ4n) is 4.39. The number of alkyl halides is 2. The van der Waals surface area contributed by atoms with Gasteiger partial charge in [-0.1, -0.05) is 30.7 Å². The monoisotopic (exact) mass is 478 g/mol. The zero-order valence-corrected chi connectivity index (χ0v) is 19.7. The molecule has 0 N–H and O–H groups in total. The Hall–Kier alpha value is -2.48. The lowest BCUT2D eigenvalue weighted by molar-refractivity contribution is -0.117. The van der Waals surface area contributed by atoms with Crippen LogP contribution in [0.3, 0.4) is 0 Å². The van der Waals surface area contributed by atoms with Crippen LogP contribution >= 0.6 is 11.6 Å². The van der Waals surface area contributed by atoms with E-state index in [0.29, 0.717) is 29.8 Å². The summed E-state index contributed by atoms with van der Waals surface area (Å²) >= 11 is 6.38. The Bertz CT molecular complexity index is 979. The Labute approximate surface area is 197 Å². The Kier molecular flexibility index (Phi) is 7.02. The third-order valence-corrected chi connectivity index (χ3v) is 6.55. The van der Waals surface area contributed by atoms with Gasteiger partial charge < -0.3 is 19.3 Å². The first-order valence-electron chi connectivity index (χ1n) is 11.4. The van der Waals surface area contributed by atoms with Crippen LogP contribution in [0.5, 0.6) is 5.75 Å². The molecule has 1 aromatic carbocycles. The highest BCUT2D eigenvalue weighted by Gasteiger charge is 2.35. The van der Waals surface area contributed by atoms with Gasteiger partial charge in [-0.2, -0.15) is 4.98 Å². The third kappa shape index (κ3) is 5.91. The van der Waals surface area contributed by atoms with E-state index in [4.69, 9.17) is 16.3 Å². The van der Waals surface area contributed by atoms with Crippen LogP contribution in [-0.2, 0) is 4.79 Å². The topological polar surface area (TPSA) is 58.6 Å². The number of ether oxygens (including phenoxy) is 1. The van der Waals surface area contributed by atoms with Crippen LogP contribution in [0.15, 0.2) is 30.5 Å². The first kappa shape index (κ1) is 23.7. The summed E-state index contributed by atoms with van der Waals surface area (Å²) in [5.74, 6) is -0.431. The second kappa shape index (κ2) is 9.79. The van der Waals surface area contributed by atoms with Gasteiger partial charge >= 0.3 is 0 Å². The molecule has 0 radical (unpaired) electrons. The number of piperidine rings is 1. The number of carbonyl (C=O) groups is 1. The fourth-order valence-corrected chi connectivity index (χ4v) is 4.60. The van der Waals surface area contributed by atoms with Gasteiger partial charge in [0, 0.05) is 45.3 Å². The van der Waals surface area contributed by atoms with Crippen molar-refractivity contribution >= 4 is 29.2 Å². The van der Waals surface area contributed by atoms with Crippen LogP contribution in [0.1, 0.15) is 51.0 Å². The summed E-state index contributed by atoms with van der Waals surface area (Å²) < 4.78 is 33.1. The molecule has 0 spiro atoms. The van der Waals surface area contributed by atoms with E-state index in [1.165, 1.54) is 0 Å². The number of Topliss-reactive ketones (excluding diaryl/α,β-unsaturated/α-hetero) is 1.